The summed E-state index contributed by atoms with van der Waals surface area (Å²) in [6, 6.07) is 14.1. The van der Waals surface area contributed by atoms with Gasteiger partial charge < -0.3 is 10.4 Å². The number of carbonyl (C=O) groups is 1. The van der Waals surface area contributed by atoms with Gasteiger partial charge in [0, 0.05) is 6.54 Å². The van der Waals surface area contributed by atoms with E-state index in [4.69, 9.17) is 5.26 Å². The molecule has 0 saturated carbocycles. The number of carbonyl (C=O) groups excluding carboxylic acids is 1. The summed E-state index contributed by atoms with van der Waals surface area (Å²) >= 11 is 0. The highest BCUT2D eigenvalue weighted by molar-refractivity contribution is 6.01. The maximum absolute atomic E-state index is 12.8. The molecule has 2 rings (SSSR count). The van der Waals surface area contributed by atoms with Crippen molar-refractivity contribution in [2.24, 2.45) is 0 Å². The topological polar surface area (TPSA) is 73.1 Å². The summed E-state index contributed by atoms with van der Waals surface area (Å²) in [5.41, 5.74) is 1.52. The number of nitriles is 1. The van der Waals surface area contributed by atoms with Crippen LogP contribution in [0, 0.1) is 17.1 Å². The standard InChI is InChI=1S/C18H15FN2O2/c19-16-5-1-13(2-6-16)9-10-21-18(23)15(12-20)11-14-3-7-17(22)8-4-14/h1-8,11,22H,9-10H2,(H,21,23)/b15-11+. The number of amides is 1. The summed E-state index contributed by atoms with van der Waals surface area (Å²) in [7, 11) is 0. The second kappa shape index (κ2) is 7.76. The first-order valence-electron chi connectivity index (χ1n) is 7.02. The van der Waals surface area contributed by atoms with E-state index in [9.17, 15) is 14.3 Å². The second-order valence-electron chi connectivity index (χ2n) is 4.89. The maximum atomic E-state index is 12.8. The van der Waals surface area contributed by atoms with Crippen LogP contribution in [0.15, 0.2) is 54.1 Å². The van der Waals surface area contributed by atoms with Crippen molar-refractivity contribution in [3.63, 3.8) is 0 Å². The third kappa shape index (κ3) is 4.97. The molecule has 2 aromatic rings. The van der Waals surface area contributed by atoms with Gasteiger partial charge in [0.15, 0.2) is 0 Å². The van der Waals surface area contributed by atoms with Gasteiger partial charge in [0.1, 0.15) is 23.2 Å². The fraction of sp³-hybridized carbons (Fsp3) is 0.111. The highest BCUT2D eigenvalue weighted by Gasteiger charge is 2.08. The van der Waals surface area contributed by atoms with Gasteiger partial charge in [-0.2, -0.15) is 5.26 Å². The Morgan fingerprint density at radius 2 is 1.83 bits per heavy atom. The van der Waals surface area contributed by atoms with Crippen LogP contribution in [0.3, 0.4) is 0 Å². The smallest absolute Gasteiger partial charge is 0.261 e. The van der Waals surface area contributed by atoms with Crippen LogP contribution in [0.25, 0.3) is 6.08 Å². The van der Waals surface area contributed by atoms with Crippen LogP contribution >= 0.6 is 0 Å². The van der Waals surface area contributed by atoms with Crippen molar-refractivity contribution in [3.8, 4) is 11.8 Å². The third-order valence-corrected chi connectivity index (χ3v) is 3.18. The number of benzene rings is 2. The molecule has 0 fully saturated rings. The van der Waals surface area contributed by atoms with Crippen molar-refractivity contribution < 1.29 is 14.3 Å². The van der Waals surface area contributed by atoms with E-state index >= 15 is 0 Å². The quantitative estimate of drug-likeness (QED) is 0.659. The average molecular weight is 310 g/mol. The van der Waals surface area contributed by atoms with Gasteiger partial charge in [-0.1, -0.05) is 24.3 Å². The van der Waals surface area contributed by atoms with E-state index in [1.54, 1.807) is 24.3 Å². The largest absolute Gasteiger partial charge is 0.508 e. The van der Waals surface area contributed by atoms with Gasteiger partial charge in [-0.15, -0.1) is 0 Å². The summed E-state index contributed by atoms with van der Waals surface area (Å²) in [4.78, 5) is 12.0. The van der Waals surface area contributed by atoms with E-state index in [0.29, 0.717) is 18.5 Å². The zero-order valence-electron chi connectivity index (χ0n) is 12.3. The second-order valence-corrected chi connectivity index (χ2v) is 4.89. The molecule has 0 heterocycles. The highest BCUT2D eigenvalue weighted by Crippen LogP contribution is 2.12. The molecule has 1 amide bonds. The van der Waals surface area contributed by atoms with Crippen molar-refractivity contribution >= 4 is 12.0 Å². The number of nitrogens with zero attached hydrogens (tertiary/aromatic N) is 1. The van der Waals surface area contributed by atoms with Crippen LogP contribution in [-0.2, 0) is 11.2 Å². The highest BCUT2D eigenvalue weighted by atomic mass is 19.1. The van der Waals surface area contributed by atoms with Crippen LogP contribution in [0.4, 0.5) is 4.39 Å². The van der Waals surface area contributed by atoms with Gasteiger partial charge in [0.2, 0.25) is 0 Å². The lowest BCUT2D eigenvalue weighted by molar-refractivity contribution is -0.117. The third-order valence-electron chi connectivity index (χ3n) is 3.18. The van der Waals surface area contributed by atoms with Crippen molar-refractivity contribution in [3.05, 3.63) is 71.0 Å². The molecule has 0 aromatic heterocycles. The Bertz CT molecular complexity index is 744. The first-order chi connectivity index (χ1) is 11.1. The molecule has 0 bridgehead atoms. The normalized spacial score (nSPS) is 10.9. The minimum Gasteiger partial charge on any atom is -0.508 e. The van der Waals surface area contributed by atoms with Crippen molar-refractivity contribution in [1.29, 1.82) is 5.26 Å². The molecular weight excluding hydrogens is 295 g/mol. The molecule has 2 aromatic carbocycles. The molecule has 0 atom stereocenters. The predicted octanol–water partition coefficient (Wildman–Crippen LogP) is 2.80. The van der Waals surface area contributed by atoms with Gasteiger partial charge in [-0.3, -0.25) is 4.79 Å². The Labute approximate surface area is 133 Å². The Morgan fingerprint density at radius 1 is 1.17 bits per heavy atom. The summed E-state index contributed by atoms with van der Waals surface area (Å²) in [5.74, 6) is -0.659. The van der Waals surface area contributed by atoms with Crippen LogP contribution in [-0.4, -0.2) is 17.6 Å². The lowest BCUT2D eigenvalue weighted by atomic mass is 10.1. The molecular formula is C18H15FN2O2. The molecule has 5 heteroatoms. The Balaban J connectivity index is 1.93. The van der Waals surface area contributed by atoms with Gasteiger partial charge >= 0.3 is 0 Å². The number of hydrogen-bond donors (Lipinski definition) is 2. The zero-order valence-corrected chi connectivity index (χ0v) is 12.3. The molecule has 0 saturated heterocycles. The molecule has 23 heavy (non-hydrogen) atoms. The average Bonchev–Trinajstić information content (AvgIpc) is 2.56. The SMILES string of the molecule is N#C/C(=C\c1ccc(O)cc1)C(=O)NCCc1ccc(F)cc1. The Kier molecular flexibility index (Phi) is 5.48. The van der Waals surface area contributed by atoms with Crippen molar-refractivity contribution in [2.75, 3.05) is 6.54 Å². The molecule has 0 aliphatic heterocycles. The molecule has 4 nitrogen and oxygen atoms in total. The summed E-state index contributed by atoms with van der Waals surface area (Å²) in [6.45, 7) is 0.346. The van der Waals surface area contributed by atoms with Crippen molar-refractivity contribution in [2.45, 2.75) is 6.42 Å². The minimum absolute atomic E-state index is 0.0187. The van der Waals surface area contributed by atoms with E-state index in [-0.39, 0.29) is 17.1 Å². The van der Waals surface area contributed by atoms with E-state index in [1.807, 2.05) is 6.07 Å². The van der Waals surface area contributed by atoms with E-state index in [2.05, 4.69) is 5.32 Å². The molecule has 0 unspecified atom stereocenters. The molecule has 116 valence electrons. The number of aromatic hydroxyl groups is 1. The summed E-state index contributed by atoms with van der Waals surface area (Å²) < 4.78 is 12.8. The first-order valence-corrected chi connectivity index (χ1v) is 7.02. The van der Waals surface area contributed by atoms with Crippen LogP contribution in [0.2, 0.25) is 0 Å². The minimum atomic E-state index is -0.470. The fourth-order valence-corrected chi connectivity index (χ4v) is 1.95. The summed E-state index contributed by atoms with van der Waals surface area (Å²) in [6.07, 6.45) is 2.00. The molecule has 0 aliphatic carbocycles. The number of nitrogens with one attached hydrogen (secondary N) is 1. The van der Waals surface area contributed by atoms with Crippen LogP contribution < -0.4 is 5.32 Å². The molecule has 0 spiro atoms. The Hall–Kier alpha value is -3.13. The lowest BCUT2D eigenvalue weighted by Gasteiger charge is -2.05. The number of hydrogen-bond acceptors (Lipinski definition) is 3. The Morgan fingerprint density at radius 3 is 2.43 bits per heavy atom. The molecule has 0 aliphatic rings. The van der Waals surface area contributed by atoms with E-state index in [1.165, 1.54) is 30.3 Å². The van der Waals surface area contributed by atoms with Crippen molar-refractivity contribution in [1.82, 2.24) is 5.32 Å². The fourth-order valence-electron chi connectivity index (χ4n) is 1.95. The predicted molar refractivity (Wildman–Crippen MR) is 84.8 cm³/mol. The number of rotatable bonds is 5. The molecule has 2 N–H and O–H groups in total. The monoisotopic (exact) mass is 310 g/mol. The molecule has 0 radical (unpaired) electrons. The van der Waals surface area contributed by atoms with Gasteiger partial charge in [-0.05, 0) is 47.9 Å². The van der Waals surface area contributed by atoms with Gasteiger partial charge in [0.05, 0.1) is 0 Å². The lowest BCUT2D eigenvalue weighted by Crippen LogP contribution is -2.26. The first kappa shape index (κ1) is 16.2. The van der Waals surface area contributed by atoms with Crippen LogP contribution in [0.5, 0.6) is 5.75 Å². The van der Waals surface area contributed by atoms with E-state index < -0.39 is 5.91 Å². The number of phenols is 1. The number of halogens is 1. The van der Waals surface area contributed by atoms with Gasteiger partial charge in [-0.25, -0.2) is 4.39 Å². The summed E-state index contributed by atoms with van der Waals surface area (Å²) in [5, 5.41) is 21.0. The van der Waals surface area contributed by atoms with E-state index in [0.717, 1.165) is 5.56 Å². The van der Waals surface area contributed by atoms with Gasteiger partial charge in [0.25, 0.3) is 5.91 Å². The van der Waals surface area contributed by atoms with Crippen LogP contribution in [0.1, 0.15) is 11.1 Å². The zero-order chi connectivity index (χ0) is 16.7. The maximum Gasteiger partial charge on any atom is 0.261 e. The number of phenolic OH excluding ortho intramolecular Hbond substituents is 1.